The number of nitrogens with one attached hydrogen (secondary N) is 1. The van der Waals surface area contributed by atoms with E-state index in [1.165, 1.54) is 23.4 Å². The van der Waals surface area contributed by atoms with Gasteiger partial charge in [-0.1, -0.05) is 67.6 Å². The Labute approximate surface area is 201 Å². The molecule has 0 spiro atoms. The Morgan fingerprint density at radius 3 is 2.65 bits per heavy atom. The Hall–Kier alpha value is -3.46. The molecule has 0 saturated heterocycles. The summed E-state index contributed by atoms with van der Waals surface area (Å²) in [6.07, 6.45) is 1.04. The van der Waals surface area contributed by atoms with Crippen LogP contribution in [0.4, 0.5) is 11.6 Å². The molecule has 1 unspecified atom stereocenters. The van der Waals surface area contributed by atoms with Gasteiger partial charge in [0, 0.05) is 29.5 Å². The number of carbonyl (C=O) groups is 1. The highest BCUT2D eigenvalue weighted by Crippen LogP contribution is 2.47. The molecule has 1 aromatic heterocycles. The Morgan fingerprint density at radius 2 is 1.91 bits per heavy atom. The van der Waals surface area contributed by atoms with Gasteiger partial charge in [-0.2, -0.15) is 4.98 Å². The van der Waals surface area contributed by atoms with Crippen molar-refractivity contribution in [3.63, 3.8) is 0 Å². The number of ketones is 1. The Kier molecular flexibility index (Phi) is 5.51. The summed E-state index contributed by atoms with van der Waals surface area (Å²) in [4.78, 5) is 29.5. The van der Waals surface area contributed by atoms with Gasteiger partial charge in [-0.25, -0.2) is 4.68 Å². The predicted octanol–water partition coefficient (Wildman–Crippen LogP) is 5.45. The Balaban J connectivity index is 1.57. The number of Topliss-reactive ketones (excluding diaryl/α,β-unsaturated/α-hetero) is 1. The summed E-state index contributed by atoms with van der Waals surface area (Å²) in [5.74, 6) is 1.18. The molecule has 1 N–H and O–H groups in total. The van der Waals surface area contributed by atoms with Crippen LogP contribution in [0.5, 0.6) is 0 Å². The van der Waals surface area contributed by atoms with Crippen LogP contribution < -0.4 is 5.32 Å². The second-order valence-electron chi connectivity index (χ2n) is 9.61. The molecule has 174 valence electrons. The topological polar surface area (TPSA) is 103 Å². The molecule has 1 atom stereocenters. The lowest BCUT2D eigenvalue weighted by molar-refractivity contribution is -0.385. The smallest absolute Gasteiger partial charge is 0.275 e. The van der Waals surface area contributed by atoms with E-state index in [1.807, 2.05) is 6.92 Å². The van der Waals surface area contributed by atoms with Crippen molar-refractivity contribution in [1.29, 1.82) is 0 Å². The molecular formula is C25H25N5O3S. The van der Waals surface area contributed by atoms with Crippen LogP contribution in [0.2, 0.25) is 0 Å². The number of allylic oxidation sites excluding steroid dienone is 2. The van der Waals surface area contributed by atoms with Crippen LogP contribution >= 0.6 is 11.8 Å². The molecule has 0 radical (unpaired) electrons. The minimum atomic E-state index is -0.697. The fraction of sp³-hybridized carbons (Fsp3) is 0.320. The van der Waals surface area contributed by atoms with E-state index in [0.29, 0.717) is 40.8 Å². The molecule has 0 amide bonds. The number of aromatic nitrogens is 3. The monoisotopic (exact) mass is 475 g/mol. The maximum atomic E-state index is 13.3. The highest BCUT2D eigenvalue weighted by molar-refractivity contribution is 7.98. The highest BCUT2D eigenvalue weighted by atomic mass is 32.2. The van der Waals surface area contributed by atoms with E-state index in [1.54, 1.807) is 22.9 Å². The maximum Gasteiger partial charge on any atom is 0.275 e. The number of aryl methyl sites for hydroxylation is 1. The number of nitrogens with zero attached hydrogens (tertiary/aromatic N) is 4. The zero-order valence-corrected chi connectivity index (χ0v) is 20.1. The van der Waals surface area contributed by atoms with Gasteiger partial charge in [0.1, 0.15) is 6.04 Å². The standard InChI is InChI=1S/C25H25N5O3S/c1-15-8-10-16(11-9-15)14-34-24-27-23-26-18-12-25(2,3)13-20(31)21(18)22(29(23)28-24)17-6-4-5-7-19(17)30(32)33/h4-11,22H,12-14H2,1-3H3,(H,26,27,28). The molecule has 2 aliphatic rings. The van der Waals surface area contributed by atoms with Gasteiger partial charge >= 0.3 is 0 Å². The molecule has 1 aliphatic carbocycles. The third kappa shape index (κ3) is 4.11. The highest BCUT2D eigenvalue weighted by Gasteiger charge is 2.43. The number of rotatable bonds is 5. The summed E-state index contributed by atoms with van der Waals surface area (Å²) in [5, 5.41) is 20.4. The summed E-state index contributed by atoms with van der Waals surface area (Å²) < 4.78 is 1.63. The van der Waals surface area contributed by atoms with Crippen LogP contribution in [0.25, 0.3) is 0 Å². The van der Waals surface area contributed by atoms with E-state index in [4.69, 9.17) is 5.10 Å². The van der Waals surface area contributed by atoms with E-state index in [2.05, 4.69) is 48.4 Å². The van der Waals surface area contributed by atoms with Crippen LogP contribution in [0.15, 0.2) is 65.0 Å². The van der Waals surface area contributed by atoms with E-state index in [-0.39, 0.29) is 16.9 Å². The van der Waals surface area contributed by atoms with Crippen molar-refractivity contribution in [3.05, 3.63) is 86.6 Å². The van der Waals surface area contributed by atoms with Crippen LogP contribution in [0, 0.1) is 22.5 Å². The van der Waals surface area contributed by atoms with Crippen LogP contribution in [0.1, 0.15) is 49.4 Å². The average Bonchev–Trinajstić information content (AvgIpc) is 3.19. The van der Waals surface area contributed by atoms with Crippen molar-refractivity contribution in [2.24, 2.45) is 5.41 Å². The zero-order chi connectivity index (χ0) is 24.0. The number of nitro groups is 1. The molecule has 8 nitrogen and oxygen atoms in total. The van der Waals surface area contributed by atoms with E-state index in [9.17, 15) is 14.9 Å². The van der Waals surface area contributed by atoms with Gasteiger partial charge in [-0.05, 0) is 30.4 Å². The van der Waals surface area contributed by atoms with Gasteiger partial charge < -0.3 is 5.32 Å². The number of nitro benzene ring substituents is 1. The number of hydrogen-bond acceptors (Lipinski definition) is 7. The van der Waals surface area contributed by atoms with Crippen molar-refractivity contribution in [3.8, 4) is 0 Å². The first-order valence-electron chi connectivity index (χ1n) is 11.1. The van der Waals surface area contributed by atoms with Gasteiger partial charge in [-0.15, -0.1) is 5.10 Å². The fourth-order valence-electron chi connectivity index (χ4n) is 4.66. The van der Waals surface area contributed by atoms with E-state index in [0.717, 1.165) is 11.3 Å². The largest absolute Gasteiger partial charge is 0.328 e. The first-order valence-corrected chi connectivity index (χ1v) is 12.1. The minimum Gasteiger partial charge on any atom is -0.328 e. The van der Waals surface area contributed by atoms with Gasteiger partial charge in [0.05, 0.1) is 10.5 Å². The van der Waals surface area contributed by atoms with Crippen molar-refractivity contribution >= 4 is 29.2 Å². The molecule has 0 bridgehead atoms. The Morgan fingerprint density at radius 1 is 1.18 bits per heavy atom. The molecule has 0 saturated carbocycles. The molecule has 9 heteroatoms. The maximum absolute atomic E-state index is 13.3. The van der Waals surface area contributed by atoms with Crippen LogP contribution in [0.3, 0.4) is 0 Å². The molecule has 2 aromatic carbocycles. The number of thioether (sulfide) groups is 1. The van der Waals surface area contributed by atoms with Crippen LogP contribution in [-0.4, -0.2) is 25.5 Å². The lowest BCUT2D eigenvalue weighted by Gasteiger charge is -2.38. The fourth-order valence-corrected chi connectivity index (χ4v) is 5.44. The summed E-state index contributed by atoms with van der Waals surface area (Å²) in [6, 6.07) is 14.2. The van der Waals surface area contributed by atoms with Gasteiger partial charge in [0.2, 0.25) is 11.1 Å². The van der Waals surface area contributed by atoms with Gasteiger partial charge in [-0.3, -0.25) is 14.9 Å². The molecule has 34 heavy (non-hydrogen) atoms. The van der Waals surface area contributed by atoms with Crippen molar-refractivity contribution in [1.82, 2.24) is 14.8 Å². The number of fused-ring (bicyclic) bond motifs is 1. The van der Waals surface area contributed by atoms with Crippen molar-refractivity contribution < 1.29 is 9.72 Å². The number of anilines is 1. The minimum absolute atomic E-state index is 0.0168. The van der Waals surface area contributed by atoms with Gasteiger partial charge in [0.25, 0.3) is 5.69 Å². The average molecular weight is 476 g/mol. The van der Waals surface area contributed by atoms with E-state index >= 15 is 0 Å². The quantitative estimate of drug-likeness (QED) is 0.297. The second-order valence-corrected chi connectivity index (χ2v) is 10.6. The Bertz CT molecular complexity index is 1330. The summed E-state index contributed by atoms with van der Waals surface area (Å²) in [7, 11) is 0. The number of carbonyl (C=O) groups excluding carboxylic acids is 1. The number of para-hydroxylation sites is 1. The molecule has 5 rings (SSSR count). The summed E-state index contributed by atoms with van der Waals surface area (Å²) in [5.41, 5.74) is 3.87. The molecule has 2 heterocycles. The normalized spacial score (nSPS) is 18.8. The second kappa shape index (κ2) is 8.39. The zero-order valence-electron chi connectivity index (χ0n) is 19.2. The number of benzene rings is 2. The number of hydrogen-bond donors (Lipinski definition) is 1. The third-order valence-electron chi connectivity index (χ3n) is 6.23. The molecule has 3 aromatic rings. The van der Waals surface area contributed by atoms with Crippen LogP contribution in [-0.2, 0) is 10.5 Å². The molecule has 0 fully saturated rings. The van der Waals surface area contributed by atoms with Crippen molar-refractivity contribution in [2.75, 3.05) is 5.32 Å². The predicted molar refractivity (Wildman–Crippen MR) is 131 cm³/mol. The van der Waals surface area contributed by atoms with Crippen molar-refractivity contribution in [2.45, 2.75) is 50.6 Å². The lowest BCUT2D eigenvalue weighted by Crippen LogP contribution is -2.36. The lowest BCUT2D eigenvalue weighted by atomic mass is 9.73. The first kappa shape index (κ1) is 22.3. The van der Waals surface area contributed by atoms with E-state index < -0.39 is 11.0 Å². The molecular weight excluding hydrogens is 450 g/mol. The molecule has 1 aliphatic heterocycles. The van der Waals surface area contributed by atoms with Gasteiger partial charge in [0.15, 0.2) is 5.78 Å². The SMILES string of the molecule is Cc1ccc(CSc2nc3n(n2)C(c2ccccc2[N+](=O)[O-])C2=C(CC(C)(C)CC2=O)N3)cc1. The third-order valence-corrected chi connectivity index (χ3v) is 7.14. The summed E-state index contributed by atoms with van der Waals surface area (Å²) >= 11 is 1.49. The summed E-state index contributed by atoms with van der Waals surface area (Å²) in [6.45, 7) is 6.16. The first-order chi connectivity index (χ1) is 16.2.